The van der Waals surface area contributed by atoms with Crippen molar-refractivity contribution in [2.24, 2.45) is 0 Å². The Hall–Kier alpha value is -1.80. The van der Waals surface area contributed by atoms with Crippen LogP contribution in [-0.2, 0) is 15.8 Å². The number of rotatable bonds is 3. The Morgan fingerprint density at radius 3 is 1.90 bits per heavy atom. The molecule has 2 N–H and O–H groups in total. The molecule has 228 valence electrons. The Bertz CT molecular complexity index is 1320. The van der Waals surface area contributed by atoms with Gasteiger partial charge in [0.1, 0.15) is 5.60 Å². The Morgan fingerprint density at radius 2 is 1.38 bits per heavy atom. The molecule has 1 amide bonds. The summed E-state index contributed by atoms with van der Waals surface area (Å²) in [5.41, 5.74) is 2.16. The number of ether oxygens (including phenoxy) is 1. The van der Waals surface area contributed by atoms with Gasteiger partial charge in [-0.25, -0.2) is 4.79 Å². The molecule has 42 heavy (non-hydrogen) atoms. The number of likely N-dealkylation sites (tertiary alicyclic amines) is 1. The molecule has 2 fully saturated rings. The zero-order valence-electron chi connectivity index (χ0n) is 24.3. The number of halogens is 4. The number of aliphatic hydroxyl groups is 1. The minimum Gasteiger partial charge on any atom is -0.444 e. The van der Waals surface area contributed by atoms with Gasteiger partial charge in [0, 0.05) is 33.0 Å². The minimum atomic E-state index is -0.927. The Kier molecular flexibility index (Phi) is 12.2. The summed E-state index contributed by atoms with van der Waals surface area (Å²) >= 11 is 15.7. The van der Waals surface area contributed by atoms with E-state index in [1.807, 2.05) is 39.0 Å². The van der Waals surface area contributed by atoms with Gasteiger partial charge in [0.2, 0.25) is 0 Å². The van der Waals surface area contributed by atoms with Crippen molar-refractivity contribution < 1.29 is 14.6 Å². The van der Waals surface area contributed by atoms with Gasteiger partial charge >= 0.3 is 6.09 Å². The predicted octanol–water partition coefficient (Wildman–Crippen LogP) is 8.75. The van der Waals surface area contributed by atoms with Crippen LogP contribution in [0.1, 0.15) is 63.1 Å². The van der Waals surface area contributed by atoms with Gasteiger partial charge < -0.3 is 20.1 Å². The number of hydrogen-bond acceptors (Lipinski definition) is 4. The number of benzene rings is 3. The number of nitrogens with one attached hydrogen (secondary N) is 1. The van der Waals surface area contributed by atoms with Crippen LogP contribution in [0, 0.1) is 0 Å². The summed E-state index contributed by atoms with van der Waals surface area (Å²) in [6.07, 6.45) is 2.85. The lowest BCUT2D eigenvalue weighted by atomic mass is 9.68. The molecule has 0 aromatic heterocycles. The summed E-state index contributed by atoms with van der Waals surface area (Å²) in [6, 6.07) is 24.3. The molecule has 3 aromatic carbocycles. The van der Waals surface area contributed by atoms with E-state index in [4.69, 9.17) is 27.9 Å². The zero-order valence-corrected chi connectivity index (χ0v) is 28.3. The molecular weight excluding hydrogens is 659 g/mol. The molecule has 0 atom stereocenters. The van der Waals surface area contributed by atoms with Crippen molar-refractivity contribution in [1.29, 1.82) is 0 Å². The second-order valence-corrected chi connectivity index (χ2v) is 13.6. The molecule has 2 saturated heterocycles. The summed E-state index contributed by atoms with van der Waals surface area (Å²) in [5.74, 6) is 0. The van der Waals surface area contributed by atoms with Gasteiger partial charge in [0.15, 0.2) is 0 Å². The number of nitrogens with zero attached hydrogens (tertiary/aromatic N) is 1. The van der Waals surface area contributed by atoms with Gasteiger partial charge in [-0.05, 0) is 113 Å². The van der Waals surface area contributed by atoms with Crippen LogP contribution in [0.3, 0.4) is 0 Å². The number of piperidine rings is 2. The van der Waals surface area contributed by atoms with Gasteiger partial charge in [0.05, 0.1) is 5.60 Å². The van der Waals surface area contributed by atoms with E-state index in [1.54, 1.807) is 17.0 Å². The molecule has 2 aliphatic heterocycles. The second kappa shape index (κ2) is 14.8. The zero-order chi connectivity index (χ0) is 29.7. The molecule has 0 aliphatic carbocycles. The first-order chi connectivity index (χ1) is 19.4. The van der Waals surface area contributed by atoms with Crippen LogP contribution in [0.5, 0.6) is 0 Å². The largest absolute Gasteiger partial charge is 0.444 e. The maximum absolute atomic E-state index is 12.0. The third kappa shape index (κ3) is 8.87. The maximum Gasteiger partial charge on any atom is 0.410 e. The van der Waals surface area contributed by atoms with E-state index in [2.05, 4.69) is 63.7 Å². The smallest absolute Gasteiger partial charge is 0.410 e. The predicted molar refractivity (Wildman–Crippen MR) is 178 cm³/mol. The molecule has 9 heteroatoms. The van der Waals surface area contributed by atoms with Crippen molar-refractivity contribution in [2.75, 3.05) is 26.2 Å². The molecule has 0 radical (unpaired) electrons. The molecule has 0 spiro atoms. The minimum absolute atomic E-state index is 0. The molecule has 5 nitrogen and oxygen atoms in total. The highest BCUT2D eigenvalue weighted by molar-refractivity contribution is 9.10. The Balaban J connectivity index is 0.000000225. The van der Waals surface area contributed by atoms with Crippen LogP contribution in [0.15, 0.2) is 77.3 Å². The summed E-state index contributed by atoms with van der Waals surface area (Å²) in [4.78, 5) is 13.7. The first-order valence-electron chi connectivity index (χ1n) is 14.1. The van der Waals surface area contributed by atoms with Crippen molar-refractivity contribution in [3.05, 3.63) is 104 Å². The number of hydrogen-bond donors (Lipinski definition) is 2. The third-order valence-electron chi connectivity index (χ3n) is 7.84. The standard InChI is InChI=1S/C17H17BrClN.C16H22ClNO3.ClH/c18-15-6-4-13(5-7-15)17(8-10-20-11-9-17)14-2-1-3-16(19)12-14;1-15(2,3)21-14(19)18-9-7-16(20,8-10-18)12-5-4-6-13(17)11-12;/h1-7,12,20H,8-11H2;4-6,11,20H,7-10H2,1-3H3;1H. The second-order valence-electron chi connectivity index (χ2n) is 11.9. The highest BCUT2D eigenvalue weighted by atomic mass is 79.9. The first-order valence-corrected chi connectivity index (χ1v) is 15.6. The fourth-order valence-corrected chi connectivity index (χ4v) is 6.25. The van der Waals surface area contributed by atoms with E-state index in [0.717, 1.165) is 41.0 Å². The average Bonchev–Trinajstić information content (AvgIpc) is 2.94. The molecular formula is C33H40BrCl3N2O3. The molecule has 5 rings (SSSR count). The molecule has 0 bridgehead atoms. The van der Waals surface area contributed by atoms with Crippen LogP contribution in [-0.4, -0.2) is 47.9 Å². The normalized spacial score (nSPS) is 17.7. The van der Waals surface area contributed by atoms with E-state index < -0.39 is 11.2 Å². The summed E-state index contributed by atoms with van der Waals surface area (Å²) in [7, 11) is 0. The monoisotopic (exact) mass is 696 g/mol. The van der Waals surface area contributed by atoms with Gasteiger partial charge in [-0.1, -0.05) is 75.5 Å². The summed E-state index contributed by atoms with van der Waals surface area (Å²) < 4.78 is 6.48. The first kappa shape index (κ1) is 34.7. The van der Waals surface area contributed by atoms with Gasteiger partial charge in [-0.3, -0.25) is 0 Å². The SMILES string of the molecule is CC(C)(C)OC(=O)N1CCC(O)(c2cccc(Cl)c2)CC1.Cl.Clc1cccc(C2(c3ccc(Br)cc3)CCNCC2)c1. The highest BCUT2D eigenvalue weighted by Gasteiger charge is 2.37. The van der Waals surface area contributed by atoms with Crippen molar-refractivity contribution in [1.82, 2.24) is 10.2 Å². The third-order valence-corrected chi connectivity index (χ3v) is 8.83. The van der Waals surface area contributed by atoms with E-state index in [9.17, 15) is 9.90 Å². The number of amides is 1. The maximum atomic E-state index is 12.0. The van der Waals surface area contributed by atoms with Crippen molar-refractivity contribution in [3.8, 4) is 0 Å². The van der Waals surface area contributed by atoms with Gasteiger partial charge in [-0.15, -0.1) is 12.4 Å². The molecule has 2 heterocycles. The molecule has 3 aromatic rings. The van der Waals surface area contributed by atoms with Crippen molar-refractivity contribution >= 4 is 57.6 Å². The summed E-state index contributed by atoms with van der Waals surface area (Å²) in [5, 5.41) is 15.6. The van der Waals surface area contributed by atoms with E-state index in [0.29, 0.717) is 31.0 Å². The number of carbonyl (C=O) groups is 1. The fraction of sp³-hybridized carbons (Fsp3) is 0.424. The average molecular weight is 699 g/mol. The summed E-state index contributed by atoms with van der Waals surface area (Å²) in [6.45, 7) is 8.56. The lowest BCUT2D eigenvalue weighted by Gasteiger charge is -2.39. The lowest BCUT2D eigenvalue weighted by Crippen LogP contribution is -2.46. The van der Waals surface area contributed by atoms with Crippen LogP contribution in [0.25, 0.3) is 0 Å². The van der Waals surface area contributed by atoms with Crippen LogP contribution < -0.4 is 5.32 Å². The highest BCUT2D eigenvalue weighted by Crippen LogP contribution is 2.41. The van der Waals surface area contributed by atoms with E-state index >= 15 is 0 Å². The number of carbonyl (C=O) groups excluding carboxylic acids is 1. The topological polar surface area (TPSA) is 61.8 Å². The van der Waals surface area contributed by atoms with Crippen LogP contribution in [0.4, 0.5) is 4.79 Å². The van der Waals surface area contributed by atoms with Crippen molar-refractivity contribution in [2.45, 2.75) is 63.1 Å². The Labute approximate surface area is 274 Å². The van der Waals surface area contributed by atoms with Crippen LogP contribution >= 0.6 is 51.5 Å². The lowest BCUT2D eigenvalue weighted by molar-refractivity contribution is -0.0356. The van der Waals surface area contributed by atoms with Crippen molar-refractivity contribution in [3.63, 3.8) is 0 Å². The molecule has 2 aliphatic rings. The molecule has 0 unspecified atom stereocenters. The van der Waals surface area contributed by atoms with Gasteiger partial charge in [-0.2, -0.15) is 0 Å². The van der Waals surface area contributed by atoms with Crippen LogP contribution in [0.2, 0.25) is 10.0 Å². The van der Waals surface area contributed by atoms with E-state index in [1.165, 1.54) is 11.1 Å². The fourth-order valence-electron chi connectivity index (χ4n) is 5.60. The molecule has 0 saturated carbocycles. The Morgan fingerprint density at radius 1 is 0.857 bits per heavy atom. The van der Waals surface area contributed by atoms with Gasteiger partial charge in [0.25, 0.3) is 0 Å². The van der Waals surface area contributed by atoms with E-state index in [-0.39, 0.29) is 23.9 Å². The quantitative estimate of drug-likeness (QED) is 0.287.